The standard InChI is InChI=1S/C24H26F2N6O3S/c1-12(2)34-18-8-16-13(9-29-31-16)6-17(18)30-22-21-15-5-4-14(35-24(33)32(3)10-20(25)26)7-19(15)36-23(21)28-11-27-22/h6,8-9,11-12,14,20H,4-5,7,10H2,1-3H3,(H,29,31)(H,27,28,30). The smallest absolute Gasteiger partial charge is 0.409 e. The Morgan fingerprint density at radius 2 is 2.17 bits per heavy atom. The quantitative estimate of drug-likeness (QED) is 0.344. The Morgan fingerprint density at radius 3 is 2.94 bits per heavy atom. The van der Waals surface area contributed by atoms with Gasteiger partial charge in [-0.3, -0.25) is 5.10 Å². The molecule has 0 saturated carbocycles. The molecule has 9 nitrogen and oxygen atoms in total. The summed E-state index contributed by atoms with van der Waals surface area (Å²) >= 11 is 1.53. The summed E-state index contributed by atoms with van der Waals surface area (Å²) in [5.74, 6) is 1.35. The topological polar surface area (TPSA) is 105 Å². The summed E-state index contributed by atoms with van der Waals surface area (Å²) in [6, 6.07) is 3.88. The Hall–Kier alpha value is -3.54. The maximum atomic E-state index is 12.6. The van der Waals surface area contributed by atoms with Crippen molar-refractivity contribution in [3.8, 4) is 5.75 Å². The number of carbonyl (C=O) groups is 1. The highest BCUT2D eigenvalue weighted by Gasteiger charge is 2.29. The van der Waals surface area contributed by atoms with Gasteiger partial charge in [0.05, 0.1) is 35.4 Å². The van der Waals surface area contributed by atoms with Crippen molar-refractivity contribution in [3.63, 3.8) is 0 Å². The van der Waals surface area contributed by atoms with Gasteiger partial charge >= 0.3 is 6.09 Å². The minimum Gasteiger partial charge on any atom is -0.489 e. The third kappa shape index (κ3) is 4.90. The number of ether oxygens (including phenoxy) is 2. The van der Waals surface area contributed by atoms with Crippen LogP contribution in [0.4, 0.5) is 25.1 Å². The van der Waals surface area contributed by atoms with Crippen LogP contribution in [0, 0.1) is 0 Å². The van der Waals surface area contributed by atoms with Gasteiger partial charge in [0.25, 0.3) is 6.43 Å². The first kappa shape index (κ1) is 24.2. The van der Waals surface area contributed by atoms with Gasteiger partial charge in [-0.2, -0.15) is 5.10 Å². The van der Waals surface area contributed by atoms with Crippen molar-refractivity contribution in [2.45, 2.75) is 51.7 Å². The molecule has 12 heteroatoms. The van der Waals surface area contributed by atoms with E-state index in [1.165, 1.54) is 24.7 Å². The van der Waals surface area contributed by atoms with Crippen LogP contribution in [-0.2, 0) is 17.6 Å². The Bertz CT molecular complexity index is 1410. The third-order valence-electron chi connectivity index (χ3n) is 5.95. The van der Waals surface area contributed by atoms with Gasteiger partial charge in [0.2, 0.25) is 0 Å². The van der Waals surface area contributed by atoms with Crippen molar-refractivity contribution in [2.75, 3.05) is 18.9 Å². The van der Waals surface area contributed by atoms with Gasteiger partial charge in [-0.1, -0.05) is 0 Å². The molecule has 0 saturated heterocycles. The highest BCUT2D eigenvalue weighted by molar-refractivity contribution is 7.19. The molecule has 0 radical (unpaired) electrons. The third-order valence-corrected chi connectivity index (χ3v) is 7.11. The van der Waals surface area contributed by atoms with E-state index < -0.39 is 19.1 Å². The minimum atomic E-state index is -2.60. The van der Waals surface area contributed by atoms with Crippen molar-refractivity contribution in [2.24, 2.45) is 0 Å². The SMILES string of the molecule is CC(C)Oc1cc2[nH]ncc2cc1Nc1ncnc2sc3c(c12)CCC(OC(=O)N(C)CC(F)F)C3. The fourth-order valence-corrected chi connectivity index (χ4v) is 5.59. The zero-order valence-corrected chi connectivity index (χ0v) is 20.9. The van der Waals surface area contributed by atoms with Gasteiger partial charge in [0, 0.05) is 29.8 Å². The Morgan fingerprint density at radius 1 is 1.33 bits per heavy atom. The van der Waals surface area contributed by atoms with Gasteiger partial charge in [0.1, 0.15) is 28.8 Å². The zero-order valence-electron chi connectivity index (χ0n) is 20.0. The number of rotatable bonds is 7. The van der Waals surface area contributed by atoms with Crippen LogP contribution in [0.3, 0.4) is 0 Å². The zero-order chi connectivity index (χ0) is 25.4. The molecule has 1 atom stereocenters. The predicted molar refractivity (Wildman–Crippen MR) is 133 cm³/mol. The number of fused-ring (bicyclic) bond motifs is 4. The lowest BCUT2D eigenvalue weighted by atomic mass is 9.94. The minimum absolute atomic E-state index is 0.0235. The van der Waals surface area contributed by atoms with Crippen LogP contribution in [-0.4, -0.2) is 63.4 Å². The van der Waals surface area contributed by atoms with Gasteiger partial charge in [-0.25, -0.2) is 23.5 Å². The van der Waals surface area contributed by atoms with Crippen molar-refractivity contribution in [3.05, 3.63) is 35.1 Å². The summed E-state index contributed by atoms with van der Waals surface area (Å²) in [5.41, 5.74) is 2.75. The molecule has 190 valence electrons. The number of hydrogen-bond acceptors (Lipinski definition) is 8. The van der Waals surface area contributed by atoms with Crippen molar-refractivity contribution in [1.82, 2.24) is 25.1 Å². The normalized spacial score (nSPS) is 15.5. The average molecular weight is 517 g/mol. The molecule has 0 fully saturated rings. The molecule has 1 aliphatic carbocycles. The maximum absolute atomic E-state index is 12.6. The molecule has 2 N–H and O–H groups in total. The largest absolute Gasteiger partial charge is 0.489 e. The average Bonchev–Trinajstić information content (AvgIpc) is 3.42. The molecular weight excluding hydrogens is 490 g/mol. The second-order valence-electron chi connectivity index (χ2n) is 9.02. The first-order valence-electron chi connectivity index (χ1n) is 11.6. The molecule has 5 rings (SSSR count). The number of H-pyrrole nitrogens is 1. The van der Waals surface area contributed by atoms with Gasteiger partial charge in [0.15, 0.2) is 0 Å². The predicted octanol–water partition coefficient (Wildman–Crippen LogP) is 5.29. The van der Waals surface area contributed by atoms with E-state index in [0.29, 0.717) is 30.8 Å². The highest BCUT2D eigenvalue weighted by Crippen LogP contribution is 2.41. The van der Waals surface area contributed by atoms with Crippen LogP contribution in [0.1, 0.15) is 30.7 Å². The lowest BCUT2D eigenvalue weighted by Crippen LogP contribution is -2.36. The number of nitrogens with zero attached hydrogens (tertiary/aromatic N) is 4. The van der Waals surface area contributed by atoms with Crippen LogP contribution >= 0.6 is 11.3 Å². The monoisotopic (exact) mass is 516 g/mol. The summed E-state index contributed by atoms with van der Waals surface area (Å²) in [6.07, 6.45) is 1.28. The fourth-order valence-electron chi connectivity index (χ4n) is 4.34. The first-order valence-corrected chi connectivity index (χ1v) is 12.5. The number of halogens is 2. The number of benzene rings is 1. The molecule has 0 bridgehead atoms. The van der Waals surface area contributed by atoms with E-state index in [9.17, 15) is 13.6 Å². The summed E-state index contributed by atoms with van der Waals surface area (Å²) in [4.78, 5) is 24.0. The molecule has 3 heterocycles. The van der Waals surface area contributed by atoms with Crippen LogP contribution in [0.5, 0.6) is 5.75 Å². The Balaban J connectivity index is 1.42. The lowest BCUT2D eigenvalue weighted by Gasteiger charge is -2.25. The van der Waals surface area contributed by atoms with E-state index in [0.717, 1.165) is 42.1 Å². The Labute approximate surface area is 209 Å². The lowest BCUT2D eigenvalue weighted by molar-refractivity contribution is 0.0425. The second kappa shape index (κ2) is 9.84. The molecular formula is C24H26F2N6O3S. The number of nitrogens with one attached hydrogen (secondary N) is 2. The molecule has 1 aromatic carbocycles. The number of alkyl halides is 2. The fraction of sp³-hybridized carbons (Fsp3) is 0.417. The van der Waals surface area contributed by atoms with E-state index in [4.69, 9.17) is 9.47 Å². The van der Waals surface area contributed by atoms with Crippen molar-refractivity contribution >= 4 is 50.1 Å². The summed E-state index contributed by atoms with van der Waals surface area (Å²) in [5, 5.41) is 12.4. The number of aromatic amines is 1. The highest BCUT2D eigenvalue weighted by atomic mass is 32.1. The van der Waals surface area contributed by atoms with E-state index in [-0.39, 0.29) is 12.2 Å². The number of hydrogen-bond donors (Lipinski definition) is 2. The molecule has 1 aliphatic rings. The van der Waals surface area contributed by atoms with Crippen LogP contribution in [0.2, 0.25) is 0 Å². The number of aromatic nitrogens is 4. The van der Waals surface area contributed by atoms with E-state index in [2.05, 4.69) is 25.5 Å². The van der Waals surface area contributed by atoms with E-state index in [1.807, 2.05) is 26.0 Å². The molecule has 0 spiro atoms. The molecule has 36 heavy (non-hydrogen) atoms. The Kier molecular flexibility index (Phi) is 6.61. The van der Waals surface area contributed by atoms with Crippen molar-refractivity contribution < 1.29 is 23.0 Å². The molecule has 3 aromatic heterocycles. The van der Waals surface area contributed by atoms with Gasteiger partial charge in [-0.05, 0) is 38.3 Å². The number of aryl methyl sites for hydroxylation is 1. The number of thiophene rings is 1. The van der Waals surface area contributed by atoms with Gasteiger partial charge in [-0.15, -0.1) is 11.3 Å². The summed E-state index contributed by atoms with van der Waals surface area (Å²) in [7, 11) is 1.31. The maximum Gasteiger partial charge on any atom is 0.409 e. The van der Waals surface area contributed by atoms with Crippen LogP contribution in [0.15, 0.2) is 24.7 Å². The van der Waals surface area contributed by atoms with E-state index >= 15 is 0 Å². The molecule has 1 amide bonds. The van der Waals surface area contributed by atoms with Crippen LogP contribution < -0.4 is 10.1 Å². The number of amides is 1. The molecule has 1 unspecified atom stereocenters. The summed E-state index contributed by atoms with van der Waals surface area (Å²) < 4.78 is 36.8. The summed E-state index contributed by atoms with van der Waals surface area (Å²) in [6.45, 7) is 3.28. The van der Waals surface area contributed by atoms with E-state index in [1.54, 1.807) is 6.20 Å². The van der Waals surface area contributed by atoms with Crippen LogP contribution in [0.25, 0.3) is 21.1 Å². The molecule has 0 aliphatic heterocycles. The first-order chi connectivity index (χ1) is 17.3. The molecule has 4 aromatic rings. The number of carbonyl (C=O) groups excluding carboxylic acids is 1. The second-order valence-corrected chi connectivity index (χ2v) is 10.1. The van der Waals surface area contributed by atoms with Crippen molar-refractivity contribution in [1.29, 1.82) is 0 Å². The van der Waals surface area contributed by atoms with Gasteiger partial charge < -0.3 is 19.7 Å². The number of anilines is 2.